The van der Waals surface area contributed by atoms with Crippen molar-refractivity contribution in [2.75, 3.05) is 6.61 Å². The van der Waals surface area contributed by atoms with Crippen LogP contribution in [0.25, 0.3) is 0 Å². The molecule has 0 bridgehead atoms. The zero-order valence-corrected chi connectivity index (χ0v) is 29.4. The van der Waals surface area contributed by atoms with Crippen LogP contribution in [0.2, 0.25) is 0 Å². The lowest BCUT2D eigenvalue weighted by Crippen LogP contribution is -2.53. The molecule has 0 saturated heterocycles. The van der Waals surface area contributed by atoms with Crippen LogP contribution in [0.4, 0.5) is 0 Å². The van der Waals surface area contributed by atoms with Gasteiger partial charge in [0.2, 0.25) is 5.91 Å². The van der Waals surface area contributed by atoms with Gasteiger partial charge in [0, 0.05) is 0 Å². The van der Waals surface area contributed by atoms with E-state index in [1.807, 2.05) is 0 Å². The maximum Gasteiger partial charge on any atom is 0.249 e. The molecule has 0 heterocycles. The van der Waals surface area contributed by atoms with E-state index in [2.05, 4.69) is 55.6 Å². The molecule has 0 aromatic carbocycles. The van der Waals surface area contributed by atoms with Crippen LogP contribution in [0.15, 0.2) is 36.5 Å². The molecule has 0 rings (SSSR count). The van der Waals surface area contributed by atoms with Gasteiger partial charge in [-0.1, -0.05) is 147 Å². The quantitative estimate of drug-likeness (QED) is 0.0365. The van der Waals surface area contributed by atoms with Crippen molar-refractivity contribution in [3.05, 3.63) is 36.5 Å². The van der Waals surface area contributed by atoms with E-state index in [-0.39, 0.29) is 0 Å². The number of aliphatic hydroxyl groups excluding tert-OH is 4. The Morgan fingerprint density at radius 2 is 0.933 bits per heavy atom. The highest BCUT2D eigenvalue weighted by Gasteiger charge is 2.28. The predicted octanol–water partition coefficient (Wildman–Crippen LogP) is 9.01. The number of hydrogen-bond acceptors (Lipinski definition) is 5. The van der Waals surface area contributed by atoms with Crippen molar-refractivity contribution in [2.45, 2.75) is 199 Å². The Bertz CT molecular complexity index is 722. The third kappa shape index (κ3) is 28.5. The number of carbonyl (C=O) groups excluding carboxylic acids is 1. The SMILES string of the molecule is CCCCCCCCCC/C=C/CC/C=C/CC/C=C/CCCC(O)C(O)C(CO)NC(=O)C(O)CCCCCCCCCC. The van der Waals surface area contributed by atoms with Crippen molar-refractivity contribution in [1.82, 2.24) is 5.32 Å². The monoisotopic (exact) mass is 636 g/mol. The summed E-state index contributed by atoms with van der Waals surface area (Å²) in [7, 11) is 0. The Morgan fingerprint density at radius 1 is 0.533 bits per heavy atom. The maximum absolute atomic E-state index is 12.4. The van der Waals surface area contributed by atoms with Gasteiger partial charge in [0.15, 0.2) is 0 Å². The van der Waals surface area contributed by atoms with Crippen molar-refractivity contribution in [3.63, 3.8) is 0 Å². The lowest BCUT2D eigenvalue weighted by molar-refractivity contribution is -0.132. The summed E-state index contributed by atoms with van der Waals surface area (Å²) in [5, 5.41) is 43.2. The molecule has 0 fully saturated rings. The second-order valence-corrected chi connectivity index (χ2v) is 12.9. The molecule has 0 aromatic heterocycles. The molecule has 4 unspecified atom stereocenters. The zero-order valence-electron chi connectivity index (χ0n) is 29.4. The second kappa shape index (κ2) is 33.9. The summed E-state index contributed by atoms with van der Waals surface area (Å²) >= 11 is 0. The summed E-state index contributed by atoms with van der Waals surface area (Å²) in [4.78, 5) is 12.4. The second-order valence-electron chi connectivity index (χ2n) is 12.9. The number of rotatable bonds is 33. The van der Waals surface area contributed by atoms with Crippen molar-refractivity contribution in [1.29, 1.82) is 0 Å². The molecule has 45 heavy (non-hydrogen) atoms. The minimum Gasteiger partial charge on any atom is -0.394 e. The molecule has 6 nitrogen and oxygen atoms in total. The standard InChI is InChI=1S/C39H73NO5/c1-3-5-7-9-11-13-14-15-16-17-18-19-20-21-22-23-24-25-27-28-30-32-36(42)38(44)35(34-41)40-39(45)37(43)33-31-29-26-12-10-8-6-4-2/h17-18,21-22,25,27,35-38,41-44H,3-16,19-20,23-24,26,28-34H2,1-2H3,(H,40,45)/b18-17+,22-21+,27-25+. The highest BCUT2D eigenvalue weighted by Crippen LogP contribution is 2.13. The van der Waals surface area contributed by atoms with Crippen molar-refractivity contribution in [2.24, 2.45) is 0 Å². The third-order valence-electron chi connectivity index (χ3n) is 8.56. The molecule has 0 aliphatic rings. The van der Waals surface area contributed by atoms with Gasteiger partial charge in [-0.2, -0.15) is 0 Å². The Hall–Kier alpha value is -1.47. The minimum atomic E-state index is -1.29. The van der Waals surface area contributed by atoms with Crippen LogP contribution in [0.5, 0.6) is 0 Å². The van der Waals surface area contributed by atoms with Gasteiger partial charge in [-0.3, -0.25) is 4.79 Å². The van der Waals surface area contributed by atoms with Crippen LogP contribution >= 0.6 is 0 Å². The van der Waals surface area contributed by atoms with Crippen molar-refractivity contribution < 1.29 is 25.2 Å². The van der Waals surface area contributed by atoms with E-state index in [0.29, 0.717) is 19.3 Å². The lowest BCUT2D eigenvalue weighted by atomic mass is 10.00. The van der Waals surface area contributed by atoms with Gasteiger partial charge in [0.1, 0.15) is 12.2 Å². The number of nitrogens with one attached hydrogen (secondary N) is 1. The molecule has 5 N–H and O–H groups in total. The highest BCUT2D eigenvalue weighted by molar-refractivity contribution is 5.80. The summed E-state index contributed by atoms with van der Waals surface area (Å²) in [6.07, 6.45) is 37.6. The fraction of sp³-hybridized carbons (Fsp3) is 0.821. The molecular weight excluding hydrogens is 562 g/mol. The van der Waals surface area contributed by atoms with Crippen LogP contribution < -0.4 is 5.32 Å². The van der Waals surface area contributed by atoms with Crippen LogP contribution in [-0.2, 0) is 4.79 Å². The molecule has 0 radical (unpaired) electrons. The van der Waals surface area contributed by atoms with E-state index in [4.69, 9.17) is 0 Å². The lowest BCUT2D eigenvalue weighted by Gasteiger charge is -2.27. The van der Waals surface area contributed by atoms with Crippen molar-refractivity contribution in [3.8, 4) is 0 Å². The number of allylic oxidation sites excluding steroid dienone is 6. The predicted molar refractivity (Wildman–Crippen MR) is 191 cm³/mol. The van der Waals surface area contributed by atoms with Crippen LogP contribution in [0.1, 0.15) is 174 Å². The third-order valence-corrected chi connectivity index (χ3v) is 8.56. The Labute approximate surface area is 277 Å². The van der Waals surface area contributed by atoms with E-state index >= 15 is 0 Å². The molecule has 0 aromatic rings. The Balaban J connectivity index is 3.86. The average molecular weight is 636 g/mol. The summed E-state index contributed by atoms with van der Waals surface area (Å²) in [6, 6.07) is -1.01. The van der Waals surface area contributed by atoms with Gasteiger partial charge in [-0.05, 0) is 64.2 Å². The maximum atomic E-state index is 12.4. The molecule has 264 valence electrons. The molecule has 4 atom stereocenters. The first kappa shape index (κ1) is 43.5. The first-order chi connectivity index (χ1) is 22.0. The average Bonchev–Trinajstić information content (AvgIpc) is 3.04. The summed E-state index contributed by atoms with van der Waals surface area (Å²) in [5.41, 5.74) is 0. The fourth-order valence-corrected chi connectivity index (χ4v) is 5.49. The molecule has 0 aliphatic carbocycles. The number of unbranched alkanes of at least 4 members (excludes halogenated alkanes) is 18. The normalized spacial score (nSPS) is 14.9. The summed E-state index contributed by atoms with van der Waals surface area (Å²) in [5.74, 6) is -0.606. The van der Waals surface area contributed by atoms with E-state index in [1.54, 1.807) is 0 Å². The number of carbonyl (C=O) groups is 1. The van der Waals surface area contributed by atoms with E-state index in [0.717, 1.165) is 51.4 Å². The highest BCUT2D eigenvalue weighted by atomic mass is 16.3. The molecule has 0 saturated carbocycles. The largest absolute Gasteiger partial charge is 0.394 e. The topological polar surface area (TPSA) is 110 Å². The van der Waals surface area contributed by atoms with Gasteiger partial charge >= 0.3 is 0 Å². The first-order valence-corrected chi connectivity index (χ1v) is 18.9. The molecule has 1 amide bonds. The number of aliphatic hydroxyl groups is 4. The van der Waals surface area contributed by atoms with E-state index in [1.165, 1.54) is 89.9 Å². The summed E-state index contributed by atoms with van der Waals surface area (Å²) in [6.45, 7) is 3.97. The Kier molecular flexibility index (Phi) is 32.8. The van der Waals surface area contributed by atoms with E-state index < -0.39 is 36.9 Å². The smallest absolute Gasteiger partial charge is 0.249 e. The fourth-order valence-electron chi connectivity index (χ4n) is 5.49. The molecular formula is C39H73NO5. The van der Waals surface area contributed by atoms with Gasteiger partial charge in [0.25, 0.3) is 0 Å². The minimum absolute atomic E-state index is 0.358. The van der Waals surface area contributed by atoms with Crippen LogP contribution in [0, 0.1) is 0 Å². The summed E-state index contributed by atoms with van der Waals surface area (Å²) < 4.78 is 0. The van der Waals surface area contributed by atoms with Gasteiger partial charge in [0.05, 0.1) is 18.8 Å². The van der Waals surface area contributed by atoms with E-state index in [9.17, 15) is 25.2 Å². The van der Waals surface area contributed by atoms with Gasteiger partial charge in [-0.15, -0.1) is 0 Å². The van der Waals surface area contributed by atoms with Crippen molar-refractivity contribution >= 4 is 5.91 Å². The van der Waals surface area contributed by atoms with Crippen LogP contribution in [0.3, 0.4) is 0 Å². The van der Waals surface area contributed by atoms with Gasteiger partial charge in [-0.25, -0.2) is 0 Å². The number of amides is 1. The molecule has 0 aliphatic heterocycles. The molecule has 6 heteroatoms. The Morgan fingerprint density at radius 3 is 1.40 bits per heavy atom. The number of hydrogen-bond donors (Lipinski definition) is 5. The zero-order chi connectivity index (χ0) is 33.2. The first-order valence-electron chi connectivity index (χ1n) is 18.9. The van der Waals surface area contributed by atoms with Gasteiger partial charge < -0.3 is 25.7 Å². The molecule has 0 spiro atoms. The van der Waals surface area contributed by atoms with Crippen LogP contribution in [-0.4, -0.2) is 57.3 Å².